The van der Waals surface area contributed by atoms with E-state index in [2.05, 4.69) is 29.7 Å². The molecule has 1 unspecified atom stereocenters. The molecule has 0 bridgehead atoms. The summed E-state index contributed by atoms with van der Waals surface area (Å²) in [5.74, 6) is -0.285. The van der Waals surface area contributed by atoms with Gasteiger partial charge in [0.05, 0.1) is 10.6 Å². The second kappa shape index (κ2) is 9.88. The highest BCUT2D eigenvalue weighted by atomic mass is 32.2. The maximum absolute atomic E-state index is 12.9. The minimum atomic E-state index is -0.156. The molecule has 1 heterocycles. The molecule has 162 valence electrons. The van der Waals surface area contributed by atoms with Crippen LogP contribution in [0.2, 0.25) is 0 Å². The van der Waals surface area contributed by atoms with Crippen LogP contribution in [0.4, 0.5) is 5.69 Å². The molecule has 0 radical (unpaired) electrons. The van der Waals surface area contributed by atoms with Crippen molar-refractivity contribution in [1.29, 1.82) is 0 Å². The van der Waals surface area contributed by atoms with E-state index in [0.717, 1.165) is 23.3 Å². The van der Waals surface area contributed by atoms with Crippen LogP contribution < -0.4 is 10.6 Å². The monoisotopic (exact) mass is 442 g/mol. The Balaban J connectivity index is 1.47. The Morgan fingerprint density at radius 1 is 1.06 bits per heavy atom. The smallest absolute Gasteiger partial charge is 0.262 e. The van der Waals surface area contributed by atoms with Gasteiger partial charge in [0.25, 0.3) is 11.8 Å². The lowest BCUT2D eigenvalue weighted by Crippen LogP contribution is -2.36. The van der Waals surface area contributed by atoms with Crippen LogP contribution in [0.5, 0.6) is 0 Å². The maximum Gasteiger partial charge on any atom is 0.262 e. The normalized spacial score (nSPS) is 15.1. The number of carbonyl (C=O) groups excluding carboxylic acids is 2. The van der Waals surface area contributed by atoms with Crippen LogP contribution in [-0.2, 0) is 11.2 Å². The molecule has 4 nitrogen and oxygen atoms in total. The van der Waals surface area contributed by atoms with E-state index in [0.29, 0.717) is 16.2 Å². The van der Waals surface area contributed by atoms with Crippen LogP contribution in [-0.4, -0.2) is 17.9 Å². The van der Waals surface area contributed by atoms with Crippen LogP contribution >= 0.6 is 11.8 Å². The van der Waals surface area contributed by atoms with Crippen molar-refractivity contribution in [3.8, 4) is 0 Å². The molecule has 32 heavy (non-hydrogen) atoms. The SMILES string of the molecule is CCC(Cc1ccccc1)NC(=O)c1ccc2c(c1)NC(=O)C(=Cc1ccc(C)cc1)S2. The average Bonchev–Trinajstić information content (AvgIpc) is 2.81. The predicted molar refractivity (Wildman–Crippen MR) is 132 cm³/mol. The lowest BCUT2D eigenvalue weighted by atomic mass is 10.0. The largest absolute Gasteiger partial charge is 0.349 e. The van der Waals surface area contributed by atoms with Crippen molar-refractivity contribution in [3.05, 3.63) is 100.0 Å². The van der Waals surface area contributed by atoms with E-state index in [9.17, 15) is 9.59 Å². The quantitative estimate of drug-likeness (QED) is 0.472. The van der Waals surface area contributed by atoms with E-state index in [1.54, 1.807) is 6.07 Å². The molecular weight excluding hydrogens is 416 g/mol. The fourth-order valence-electron chi connectivity index (χ4n) is 3.58. The van der Waals surface area contributed by atoms with Gasteiger partial charge in [-0.2, -0.15) is 0 Å². The van der Waals surface area contributed by atoms with Crippen molar-refractivity contribution in [1.82, 2.24) is 5.32 Å². The molecule has 1 aliphatic rings. The number of nitrogens with one attached hydrogen (secondary N) is 2. The van der Waals surface area contributed by atoms with Gasteiger partial charge in [0.2, 0.25) is 0 Å². The summed E-state index contributed by atoms with van der Waals surface area (Å²) < 4.78 is 0. The van der Waals surface area contributed by atoms with Gasteiger partial charge in [-0.3, -0.25) is 9.59 Å². The number of carbonyl (C=O) groups is 2. The van der Waals surface area contributed by atoms with E-state index < -0.39 is 0 Å². The average molecular weight is 443 g/mol. The lowest BCUT2D eigenvalue weighted by Gasteiger charge is -2.21. The molecule has 0 fully saturated rings. The summed E-state index contributed by atoms with van der Waals surface area (Å²) in [7, 11) is 0. The molecular formula is C27H26N2O2S. The van der Waals surface area contributed by atoms with Crippen LogP contribution in [0.1, 0.15) is 40.4 Å². The molecule has 0 saturated carbocycles. The summed E-state index contributed by atoms with van der Waals surface area (Å²) in [6, 6.07) is 23.7. The molecule has 0 aromatic heterocycles. The minimum Gasteiger partial charge on any atom is -0.349 e. The molecule has 0 spiro atoms. The van der Waals surface area contributed by atoms with Gasteiger partial charge in [0.1, 0.15) is 0 Å². The first-order chi connectivity index (χ1) is 15.5. The molecule has 4 rings (SSSR count). The van der Waals surface area contributed by atoms with Crippen molar-refractivity contribution in [2.75, 3.05) is 5.32 Å². The molecule has 3 aromatic rings. The van der Waals surface area contributed by atoms with Crippen LogP contribution in [0.25, 0.3) is 6.08 Å². The molecule has 0 saturated heterocycles. The minimum absolute atomic E-state index is 0.0499. The number of anilines is 1. The van der Waals surface area contributed by atoms with E-state index >= 15 is 0 Å². The zero-order valence-electron chi connectivity index (χ0n) is 18.2. The number of rotatable bonds is 6. The fourth-order valence-corrected chi connectivity index (χ4v) is 4.51. The Hall–Kier alpha value is -3.31. The van der Waals surface area contributed by atoms with Gasteiger partial charge in [0, 0.05) is 16.5 Å². The predicted octanol–water partition coefficient (Wildman–Crippen LogP) is 5.83. The zero-order valence-corrected chi connectivity index (χ0v) is 19.0. The molecule has 1 aliphatic heterocycles. The number of fused-ring (bicyclic) bond motifs is 1. The highest BCUT2D eigenvalue weighted by Gasteiger charge is 2.23. The summed E-state index contributed by atoms with van der Waals surface area (Å²) >= 11 is 1.42. The molecule has 0 aliphatic carbocycles. The van der Waals surface area contributed by atoms with Crippen molar-refractivity contribution in [2.45, 2.75) is 37.6 Å². The van der Waals surface area contributed by atoms with Gasteiger partial charge < -0.3 is 10.6 Å². The first-order valence-corrected chi connectivity index (χ1v) is 11.6. The highest BCUT2D eigenvalue weighted by Crippen LogP contribution is 2.39. The summed E-state index contributed by atoms with van der Waals surface area (Å²) in [6.07, 6.45) is 3.51. The number of amides is 2. The third-order valence-corrected chi connectivity index (χ3v) is 6.56. The summed E-state index contributed by atoms with van der Waals surface area (Å²) in [6.45, 7) is 4.10. The first kappa shape index (κ1) is 21.9. The van der Waals surface area contributed by atoms with E-state index in [1.165, 1.54) is 22.9 Å². The number of thioether (sulfide) groups is 1. The van der Waals surface area contributed by atoms with E-state index in [1.807, 2.05) is 67.6 Å². The Morgan fingerprint density at radius 3 is 2.53 bits per heavy atom. The Morgan fingerprint density at radius 2 is 1.81 bits per heavy atom. The van der Waals surface area contributed by atoms with Crippen molar-refractivity contribution < 1.29 is 9.59 Å². The molecule has 3 aromatic carbocycles. The van der Waals surface area contributed by atoms with Crippen LogP contribution in [0.3, 0.4) is 0 Å². The van der Waals surface area contributed by atoms with Crippen LogP contribution in [0.15, 0.2) is 82.6 Å². The second-order valence-electron chi connectivity index (χ2n) is 7.95. The number of aryl methyl sites for hydroxylation is 1. The Kier molecular flexibility index (Phi) is 6.76. The van der Waals surface area contributed by atoms with Crippen molar-refractivity contribution in [3.63, 3.8) is 0 Å². The standard InChI is InChI=1S/C27H26N2O2S/c1-3-22(15-19-7-5-4-6-8-19)28-26(30)21-13-14-24-23(17-21)29-27(31)25(32-24)16-20-11-9-18(2)10-12-20/h4-14,16-17,22H,3,15H2,1-2H3,(H,28,30)(H,29,31). The number of benzene rings is 3. The maximum atomic E-state index is 12.9. The topological polar surface area (TPSA) is 58.2 Å². The Bertz CT molecular complexity index is 1150. The Labute approximate surface area is 193 Å². The van der Waals surface area contributed by atoms with Crippen molar-refractivity contribution in [2.24, 2.45) is 0 Å². The van der Waals surface area contributed by atoms with E-state index in [4.69, 9.17) is 0 Å². The molecule has 2 N–H and O–H groups in total. The molecule has 1 atom stereocenters. The first-order valence-electron chi connectivity index (χ1n) is 10.8. The third-order valence-electron chi connectivity index (χ3n) is 5.46. The van der Waals surface area contributed by atoms with Gasteiger partial charge >= 0.3 is 0 Å². The fraction of sp³-hybridized carbons (Fsp3) is 0.185. The molecule has 5 heteroatoms. The lowest BCUT2D eigenvalue weighted by molar-refractivity contribution is -0.112. The van der Waals surface area contributed by atoms with Gasteiger partial charge in [0.15, 0.2) is 0 Å². The number of hydrogen-bond acceptors (Lipinski definition) is 3. The van der Waals surface area contributed by atoms with Gasteiger partial charge in [-0.15, -0.1) is 0 Å². The summed E-state index contributed by atoms with van der Waals surface area (Å²) in [5, 5.41) is 6.06. The van der Waals surface area contributed by atoms with Crippen LogP contribution in [0, 0.1) is 6.92 Å². The van der Waals surface area contributed by atoms with Gasteiger partial charge in [-0.1, -0.05) is 78.8 Å². The zero-order chi connectivity index (χ0) is 22.5. The van der Waals surface area contributed by atoms with Gasteiger partial charge in [-0.25, -0.2) is 0 Å². The van der Waals surface area contributed by atoms with Gasteiger partial charge in [-0.05, 0) is 55.2 Å². The van der Waals surface area contributed by atoms with E-state index in [-0.39, 0.29) is 17.9 Å². The number of hydrogen-bond donors (Lipinski definition) is 2. The third kappa shape index (κ3) is 5.29. The summed E-state index contributed by atoms with van der Waals surface area (Å²) in [5.41, 5.74) is 4.57. The highest BCUT2D eigenvalue weighted by molar-refractivity contribution is 8.04. The summed E-state index contributed by atoms with van der Waals surface area (Å²) in [4.78, 5) is 27.1. The van der Waals surface area contributed by atoms with Crippen molar-refractivity contribution >= 4 is 35.3 Å². The molecule has 2 amide bonds. The second-order valence-corrected chi connectivity index (χ2v) is 9.04.